The Hall–Kier alpha value is -2.90. The molecule has 2 heterocycles. The second-order valence-electron chi connectivity index (χ2n) is 6.09. The fourth-order valence-corrected chi connectivity index (χ4v) is 3.50. The molecule has 0 saturated carbocycles. The lowest BCUT2D eigenvalue weighted by Crippen LogP contribution is -2.54. The quantitative estimate of drug-likeness (QED) is 0.725. The van der Waals surface area contributed by atoms with Crippen molar-refractivity contribution in [2.45, 2.75) is 31.7 Å². The highest BCUT2D eigenvalue weighted by molar-refractivity contribution is 6.24. The number of imide groups is 2. The van der Waals surface area contributed by atoms with Gasteiger partial charge in [0.25, 0.3) is 11.8 Å². The molecule has 3 aliphatic rings. The van der Waals surface area contributed by atoms with Gasteiger partial charge in [-0.25, -0.2) is 4.39 Å². The number of ketones is 1. The highest BCUT2D eigenvalue weighted by Crippen LogP contribution is 2.35. The summed E-state index contributed by atoms with van der Waals surface area (Å²) in [5.41, 5.74) is 0.0290. The van der Waals surface area contributed by atoms with Crippen molar-refractivity contribution in [3.63, 3.8) is 0 Å². The SMILES string of the molecule is O=C1Cc2cc3c(c(F)c2C1)C(=O)N([C@H]1CCC(=O)NC1=O)C3=O. The average molecular weight is 330 g/mol. The van der Waals surface area contributed by atoms with Gasteiger partial charge in [-0.3, -0.25) is 34.2 Å². The van der Waals surface area contributed by atoms with Crippen molar-refractivity contribution in [1.29, 1.82) is 0 Å². The summed E-state index contributed by atoms with van der Waals surface area (Å²) >= 11 is 0. The van der Waals surface area contributed by atoms with Crippen LogP contribution in [0.25, 0.3) is 0 Å². The number of piperidine rings is 1. The Morgan fingerprint density at radius 1 is 1.08 bits per heavy atom. The number of rotatable bonds is 1. The minimum atomic E-state index is -1.13. The molecular formula is C16H11FN2O5. The zero-order valence-corrected chi connectivity index (χ0v) is 12.3. The number of benzene rings is 1. The highest BCUT2D eigenvalue weighted by Gasteiger charge is 2.47. The van der Waals surface area contributed by atoms with Gasteiger partial charge in [0.2, 0.25) is 11.8 Å². The van der Waals surface area contributed by atoms with Crippen LogP contribution in [0.15, 0.2) is 6.07 Å². The maximum absolute atomic E-state index is 14.7. The molecule has 7 nitrogen and oxygen atoms in total. The molecule has 1 fully saturated rings. The first kappa shape index (κ1) is 14.7. The van der Waals surface area contributed by atoms with E-state index in [1.807, 2.05) is 0 Å². The molecule has 0 radical (unpaired) electrons. The van der Waals surface area contributed by atoms with Crippen molar-refractivity contribution in [1.82, 2.24) is 10.2 Å². The number of hydrogen-bond acceptors (Lipinski definition) is 5. The van der Waals surface area contributed by atoms with E-state index in [1.165, 1.54) is 6.07 Å². The molecule has 2 aliphatic heterocycles. The first-order valence-corrected chi connectivity index (χ1v) is 7.46. The third kappa shape index (κ3) is 1.85. The van der Waals surface area contributed by atoms with Gasteiger partial charge in [0.15, 0.2) is 0 Å². The largest absolute Gasteiger partial charge is 0.299 e. The molecule has 24 heavy (non-hydrogen) atoms. The lowest BCUT2D eigenvalue weighted by Gasteiger charge is -2.27. The van der Waals surface area contributed by atoms with Gasteiger partial charge < -0.3 is 0 Å². The topological polar surface area (TPSA) is 101 Å². The van der Waals surface area contributed by atoms with E-state index in [4.69, 9.17) is 0 Å². The molecule has 1 saturated heterocycles. The Labute approximate surface area is 134 Å². The lowest BCUT2D eigenvalue weighted by atomic mass is 10.0. The van der Waals surface area contributed by atoms with Crippen molar-refractivity contribution in [3.8, 4) is 0 Å². The molecule has 122 valence electrons. The van der Waals surface area contributed by atoms with Crippen molar-refractivity contribution in [2.75, 3.05) is 0 Å². The van der Waals surface area contributed by atoms with Gasteiger partial charge in [-0.2, -0.15) is 0 Å². The maximum atomic E-state index is 14.7. The van der Waals surface area contributed by atoms with Gasteiger partial charge in [-0.1, -0.05) is 0 Å². The third-order valence-electron chi connectivity index (χ3n) is 4.63. The predicted molar refractivity (Wildman–Crippen MR) is 75.5 cm³/mol. The van der Waals surface area contributed by atoms with Crippen LogP contribution in [-0.4, -0.2) is 40.4 Å². The molecule has 8 heteroatoms. The standard InChI is InChI=1S/C16H11FN2O5/c17-13-8-5-7(20)3-6(8)4-9-12(13)16(24)19(15(9)23)10-1-2-11(21)18-14(10)22/h4,10H,1-3,5H2,(H,18,21,22)/t10-/m0/s1. The summed E-state index contributed by atoms with van der Waals surface area (Å²) in [5, 5.41) is 2.08. The number of nitrogens with zero attached hydrogens (tertiary/aromatic N) is 1. The number of carbonyl (C=O) groups is 5. The monoisotopic (exact) mass is 330 g/mol. The van der Waals surface area contributed by atoms with Crippen molar-refractivity contribution in [2.24, 2.45) is 0 Å². The van der Waals surface area contributed by atoms with E-state index in [-0.39, 0.29) is 42.6 Å². The maximum Gasteiger partial charge on any atom is 0.265 e. The number of amides is 4. The Kier molecular flexibility index (Phi) is 2.93. The van der Waals surface area contributed by atoms with E-state index in [0.29, 0.717) is 10.5 Å². The molecular weight excluding hydrogens is 319 g/mol. The van der Waals surface area contributed by atoms with Crippen LogP contribution in [0.1, 0.15) is 44.7 Å². The molecule has 1 aromatic carbocycles. The summed E-state index contributed by atoms with van der Waals surface area (Å²) in [6.45, 7) is 0. The van der Waals surface area contributed by atoms with Crippen molar-refractivity contribution in [3.05, 3.63) is 34.1 Å². The second-order valence-corrected chi connectivity index (χ2v) is 6.09. The first-order chi connectivity index (χ1) is 11.4. The summed E-state index contributed by atoms with van der Waals surface area (Å²) < 4.78 is 14.7. The normalized spacial score (nSPS) is 22.8. The summed E-state index contributed by atoms with van der Waals surface area (Å²) in [6.07, 6.45) is -0.0684. The summed E-state index contributed by atoms with van der Waals surface area (Å²) in [7, 11) is 0. The first-order valence-electron chi connectivity index (χ1n) is 7.46. The number of carbonyl (C=O) groups excluding carboxylic acids is 5. The van der Waals surface area contributed by atoms with Crippen LogP contribution >= 0.6 is 0 Å². The van der Waals surface area contributed by atoms with Crippen LogP contribution in [0.5, 0.6) is 0 Å². The zero-order valence-electron chi connectivity index (χ0n) is 12.3. The molecule has 0 aromatic heterocycles. The van der Waals surface area contributed by atoms with E-state index >= 15 is 0 Å². The molecule has 1 aromatic rings. The van der Waals surface area contributed by atoms with E-state index in [9.17, 15) is 28.4 Å². The van der Waals surface area contributed by atoms with E-state index in [0.717, 1.165) is 0 Å². The lowest BCUT2D eigenvalue weighted by molar-refractivity contribution is -0.136. The molecule has 1 N–H and O–H groups in total. The molecule has 0 spiro atoms. The van der Waals surface area contributed by atoms with E-state index < -0.39 is 41.1 Å². The van der Waals surface area contributed by atoms with Crippen molar-refractivity contribution < 1.29 is 28.4 Å². The second kappa shape index (κ2) is 4.80. The fourth-order valence-electron chi connectivity index (χ4n) is 3.50. The summed E-state index contributed by atoms with van der Waals surface area (Å²) in [4.78, 5) is 60.5. The molecule has 1 atom stereocenters. The Balaban J connectivity index is 1.77. The molecule has 1 aliphatic carbocycles. The summed E-state index contributed by atoms with van der Waals surface area (Å²) in [5.74, 6) is -3.92. The molecule has 0 unspecified atom stereocenters. The van der Waals surface area contributed by atoms with E-state index in [1.54, 1.807) is 0 Å². The van der Waals surface area contributed by atoms with Gasteiger partial charge >= 0.3 is 0 Å². The Morgan fingerprint density at radius 2 is 1.83 bits per heavy atom. The van der Waals surface area contributed by atoms with E-state index in [2.05, 4.69) is 5.32 Å². The number of nitrogens with one attached hydrogen (secondary N) is 1. The van der Waals surface area contributed by atoms with Gasteiger partial charge in [0.1, 0.15) is 17.6 Å². The molecule has 4 rings (SSSR count). The number of fused-ring (bicyclic) bond motifs is 2. The van der Waals surface area contributed by atoms with Crippen molar-refractivity contribution >= 4 is 29.4 Å². The van der Waals surface area contributed by atoms with Crippen LogP contribution < -0.4 is 5.32 Å². The minimum Gasteiger partial charge on any atom is -0.299 e. The zero-order chi connectivity index (χ0) is 17.2. The van der Waals surface area contributed by atoms with Crippen LogP contribution in [-0.2, 0) is 27.2 Å². The smallest absolute Gasteiger partial charge is 0.265 e. The average Bonchev–Trinajstić information content (AvgIpc) is 3.00. The third-order valence-corrected chi connectivity index (χ3v) is 4.63. The molecule has 4 amide bonds. The Morgan fingerprint density at radius 3 is 2.54 bits per heavy atom. The predicted octanol–water partition coefficient (Wildman–Crippen LogP) is -0.105. The van der Waals surface area contributed by atoms with Gasteiger partial charge in [-0.15, -0.1) is 0 Å². The Bertz CT molecular complexity index is 876. The minimum absolute atomic E-state index is 0.00268. The van der Waals surface area contributed by atoms with Gasteiger partial charge in [0, 0.05) is 19.3 Å². The van der Waals surface area contributed by atoms with Crippen LogP contribution in [0.4, 0.5) is 4.39 Å². The highest BCUT2D eigenvalue weighted by atomic mass is 19.1. The fraction of sp³-hybridized carbons (Fsp3) is 0.312. The van der Waals surface area contributed by atoms with Gasteiger partial charge in [0.05, 0.1) is 11.1 Å². The van der Waals surface area contributed by atoms with Crippen LogP contribution in [0, 0.1) is 5.82 Å². The number of Topliss-reactive ketones (excluding diaryl/α,β-unsaturated/α-hetero) is 1. The van der Waals surface area contributed by atoms with Crippen LogP contribution in [0.3, 0.4) is 0 Å². The van der Waals surface area contributed by atoms with Crippen LogP contribution in [0.2, 0.25) is 0 Å². The summed E-state index contributed by atoms with van der Waals surface area (Å²) in [6, 6.07) is 0.232. The molecule has 0 bridgehead atoms. The van der Waals surface area contributed by atoms with Gasteiger partial charge in [-0.05, 0) is 23.6 Å². The number of hydrogen-bond donors (Lipinski definition) is 1. The number of halogens is 1.